The van der Waals surface area contributed by atoms with Gasteiger partial charge in [0.2, 0.25) is 0 Å². The standard InChI is InChI=1S/C33H41N2O5P/c1-21(2)39-41(37,40-22(3)4)31(29(24-19-17-23(5)18-20-24)35-32(36)38-33(6,7)8)34-30-27-15-11-9-13-25(27)26-14-10-12-16-28(26)30/h9-22,29,31H,1-8H3,(H,35,36). The van der Waals surface area contributed by atoms with Crippen LogP contribution in [0.4, 0.5) is 4.79 Å². The van der Waals surface area contributed by atoms with E-state index in [0.717, 1.165) is 27.8 Å². The largest absolute Gasteiger partial charge is 0.444 e. The van der Waals surface area contributed by atoms with Crippen molar-refractivity contribution in [2.75, 3.05) is 0 Å². The Morgan fingerprint density at radius 2 is 1.24 bits per heavy atom. The zero-order valence-corrected chi connectivity index (χ0v) is 26.1. The normalized spacial score (nSPS) is 14.4. The van der Waals surface area contributed by atoms with E-state index in [1.807, 2.05) is 95.3 Å². The van der Waals surface area contributed by atoms with Crippen LogP contribution in [0.2, 0.25) is 0 Å². The molecular formula is C33H41N2O5P. The van der Waals surface area contributed by atoms with Gasteiger partial charge in [0, 0.05) is 11.1 Å². The van der Waals surface area contributed by atoms with Crippen LogP contribution < -0.4 is 5.32 Å². The van der Waals surface area contributed by atoms with Crippen molar-refractivity contribution in [1.82, 2.24) is 5.32 Å². The van der Waals surface area contributed by atoms with Crippen LogP contribution in [0.15, 0.2) is 77.8 Å². The van der Waals surface area contributed by atoms with Gasteiger partial charge in [-0.25, -0.2) is 4.79 Å². The molecule has 1 aliphatic carbocycles. The van der Waals surface area contributed by atoms with Crippen LogP contribution in [-0.4, -0.2) is 35.4 Å². The number of fused-ring (bicyclic) bond motifs is 3. The van der Waals surface area contributed by atoms with Gasteiger partial charge in [-0.2, -0.15) is 0 Å². The molecule has 0 saturated carbocycles. The van der Waals surface area contributed by atoms with E-state index >= 15 is 0 Å². The molecule has 1 N–H and O–H groups in total. The van der Waals surface area contributed by atoms with E-state index in [-0.39, 0.29) is 0 Å². The summed E-state index contributed by atoms with van der Waals surface area (Å²) in [6.07, 6.45) is -1.50. The fourth-order valence-corrected chi connectivity index (χ4v) is 7.21. The Morgan fingerprint density at radius 1 is 0.780 bits per heavy atom. The van der Waals surface area contributed by atoms with Gasteiger partial charge in [0.1, 0.15) is 5.60 Å². The Kier molecular flexibility index (Phi) is 9.22. The van der Waals surface area contributed by atoms with Gasteiger partial charge in [-0.1, -0.05) is 78.4 Å². The monoisotopic (exact) mass is 576 g/mol. The Balaban J connectivity index is 1.98. The molecular weight excluding hydrogens is 535 g/mol. The van der Waals surface area contributed by atoms with Gasteiger partial charge in [-0.3, -0.25) is 9.56 Å². The predicted molar refractivity (Wildman–Crippen MR) is 165 cm³/mol. The molecule has 0 bridgehead atoms. The number of carbonyl (C=O) groups excluding carboxylic acids is 1. The zero-order chi connectivity index (χ0) is 29.9. The molecule has 2 atom stereocenters. The van der Waals surface area contributed by atoms with Gasteiger partial charge < -0.3 is 19.1 Å². The summed E-state index contributed by atoms with van der Waals surface area (Å²) < 4.78 is 32.9. The van der Waals surface area contributed by atoms with Gasteiger partial charge >= 0.3 is 13.7 Å². The number of rotatable bonds is 9. The number of alkyl carbamates (subject to hydrolysis) is 1. The molecule has 0 radical (unpaired) electrons. The molecule has 3 aromatic rings. The maximum Gasteiger partial charge on any atom is 0.408 e. The Bertz CT molecular complexity index is 1400. The minimum atomic E-state index is -4.02. The molecule has 4 rings (SSSR count). The highest BCUT2D eigenvalue weighted by Gasteiger charge is 2.46. The molecule has 0 saturated heterocycles. The fourth-order valence-electron chi connectivity index (χ4n) is 4.87. The summed E-state index contributed by atoms with van der Waals surface area (Å²) in [5, 5.41) is 2.98. The minimum absolute atomic E-state index is 0.425. The lowest BCUT2D eigenvalue weighted by atomic mass is 10.0. The summed E-state index contributed by atoms with van der Waals surface area (Å²) in [5.74, 6) is -1.13. The van der Waals surface area contributed by atoms with Crippen molar-refractivity contribution in [3.05, 3.63) is 95.1 Å². The van der Waals surface area contributed by atoms with Crippen molar-refractivity contribution >= 4 is 19.4 Å². The second kappa shape index (κ2) is 12.3. The second-order valence-corrected chi connectivity index (χ2v) is 13.9. The Labute approximate surface area is 243 Å². The molecule has 0 fully saturated rings. The van der Waals surface area contributed by atoms with Crippen molar-refractivity contribution in [3.8, 4) is 11.1 Å². The number of hydrogen-bond acceptors (Lipinski definition) is 6. The lowest BCUT2D eigenvalue weighted by Crippen LogP contribution is -2.40. The third-order valence-electron chi connectivity index (χ3n) is 6.36. The third-order valence-corrected chi connectivity index (χ3v) is 8.85. The molecule has 0 aromatic heterocycles. The lowest BCUT2D eigenvalue weighted by Gasteiger charge is -2.34. The lowest BCUT2D eigenvalue weighted by molar-refractivity contribution is 0.0498. The average Bonchev–Trinajstić information content (AvgIpc) is 3.18. The third kappa shape index (κ3) is 7.34. The molecule has 0 heterocycles. The van der Waals surface area contributed by atoms with Crippen LogP contribution in [0.3, 0.4) is 0 Å². The van der Waals surface area contributed by atoms with Gasteiger partial charge in [-0.15, -0.1) is 0 Å². The van der Waals surface area contributed by atoms with Crippen molar-refractivity contribution in [2.24, 2.45) is 4.99 Å². The van der Waals surface area contributed by atoms with Crippen molar-refractivity contribution in [2.45, 2.75) is 85.0 Å². The Morgan fingerprint density at radius 3 is 1.68 bits per heavy atom. The fraction of sp³-hybridized carbons (Fsp3) is 0.394. The topological polar surface area (TPSA) is 86.2 Å². The van der Waals surface area contributed by atoms with Gasteiger partial charge in [0.15, 0.2) is 5.78 Å². The van der Waals surface area contributed by atoms with Gasteiger partial charge in [0.25, 0.3) is 0 Å². The number of hydrogen-bond donors (Lipinski definition) is 1. The summed E-state index contributed by atoms with van der Waals surface area (Å²) in [7, 11) is -4.02. The first-order chi connectivity index (χ1) is 19.3. The number of benzene rings is 3. The molecule has 1 amide bonds. The number of amides is 1. The first-order valence-electron chi connectivity index (χ1n) is 14.1. The number of carbonyl (C=O) groups is 1. The summed E-state index contributed by atoms with van der Waals surface area (Å²) in [4.78, 5) is 18.5. The smallest absolute Gasteiger partial charge is 0.408 e. The molecule has 8 heteroatoms. The van der Waals surface area contributed by atoms with E-state index in [2.05, 4.69) is 17.4 Å². The van der Waals surface area contributed by atoms with Crippen LogP contribution >= 0.6 is 7.60 Å². The summed E-state index contributed by atoms with van der Waals surface area (Å²) in [6, 6.07) is 22.8. The van der Waals surface area contributed by atoms with Crippen LogP contribution in [0.1, 0.15) is 76.8 Å². The Hall–Kier alpha value is -3.25. The average molecular weight is 577 g/mol. The van der Waals surface area contributed by atoms with E-state index in [9.17, 15) is 9.36 Å². The molecule has 0 aliphatic heterocycles. The summed E-state index contributed by atoms with van der Waals surface area (Å²) in [5.41, 5.74) is 5.59. The number of nitrogens with one attached hydrogen (secondary N) is 1. The van der Waals surface area contributed by atoms with Crippen LogP contribution in [0, 0.1) is 6.92 Å². The highest BCUT2D eigenvalue weighted by Crippen LogP contribution is 2.59. The minimum Gasteiger partial charge on any atom is -0.444 e. The molecule has 3 aromatic carbocycles. The van der Waals surface area contributed by atoms with E-state index in [0.29, 0.717) is 11.3 Å². The molecule has 218 valence electrons. The van der Waals surface area contributed by atoms with Crippen LogP contribution in [0.5, 0.6) is 0 Å². The zero-order valence-electron chi connectivity index (χ0n) is 25.2. The van der Waals surface area contributed by atoms with Crippen molar-refractivity contribution in [3.63, 3.8) is 0 Å². The molecule has 0 spiro atoms. The van der Waals surface area contributed by atoms with E-state index in [1.54, 1.807) is 20.8 Å². The van der Waals surface area contributed by atoms with Crippen LogP contribution in [-0.2, 0) is 18.3 Å². The first kappa shape index (κ1) is 30.7. The number of nitrogens with zero attached hydrogens (tertiary/aromatic N) is 1. The SMILES string of the molecule is Cc1ccc(C(NC(=O)OC(C)(C)C)C(N=C2c3ccccc3-c3ccccc32)P(=O)(OC(C)C)OC(C)C)cc1. The predicted octanol–water partition coefficient (Wildman–Crippen LogP) is 8.45. The van der Waals surface area contributed by atoms with Crippen LogP contribution in [0.25, 0.3) is 11.1 Å². The van der Waals surface area contributed by atoms with Gasteiger partial charge in [0.05, 0.1) is 24.0 Å². The molecule has 1 aliphatic rings. The molecule has 7 nitrogen and oxygen atoms in total. The maximum atomic E-state index is 15.0. The second-order valence-electron chi connectivity index (χ2n) is 11.9. The molecule has 41 heavy (non-hydrogen) atoms. The highest BCUT2D eigenvalue weighted by atomic mass is 31.2. The first-order valence-corrected chi connectivity index (χ1v) is 15.7. The van der Waals surface area contributed by atoms with Crippen molar-refractivity contribution < 1.29 is 23.1 Å². The van der Waals surface area contributed by atoms with E-state index < -0.39 is 43.3 Å². The number of ether oxygens (including phenoxy) is 1. The van der Waals surface area contributed by atoms with E-state index in [4.69, 9.17) is 18.8 Å². The van der Waals surface area contributed by atoms with Crippen molar-refractivity contribution in [1.29, 1.82) is 0 Å². The van der Waals surface area contributed by atoms with Gasteiger partial charge in [-0.05, 0) is 72.1 Å². The summed E-state index contributed by atoms with van der Waals surface area (Å²) in [6.45, 7) is 14.6. The number of aliphatic imine (C=N–C) groups is 1. The highest BCUT2D eigenvalue weighted by molar-refractivity contribution is 7.54. The molecule has 2 unspecified atom stereocenters. The maximum absolute atomic E-state index is 15.0. The van der Waals surface area contributed by atoms with E-state index in [1.165, 1.54) is 0 Å². The quantitative estimate of drug-likeness (QED) is 0.202. The number of aryl methyl sites for hydroxylation is 1. The summed E-state index contributed by atoms with van der Waals surface area (Å²) >= 11 is 0.